The predicted octanol–water partition coefficient (Wildman–Crippen LogP) is 3.06. The third kappa shape index (κ3) is 3.26. The largest absolute Gasteiger partial charge is 0.337 e. The Morgan fingerprint density at radius 2 is 1.71 bits per heavy atom. The van der Waals surface area contributed by atoms with E-state index in [9.17, 15) is 9.59 Å². The summed E-state index contributed by atoms with van der Waals surface area (Å²) in [5.74, 6) is 0.777. The van der Waals surface area contributed by atoms with Crippen molar-refractivity contribution in [3.8, 4) is 11.4 Å². The van der Waals surface area contributed by atoms with Crippen molar-refractivity contribution in [2.24, 2.45) is 0 Å². The molecule has 0 aliphatic carbocycles. The van der Waals surface area contributed by atoms with E-state index in [1.54, 1.807) is 24.3 Å². The Hall–Kier alpha value is -3.48. The summed E-state index contributed by atoms with van der Waals surface area (Å²) in [5, 5.41) is 4.51. The van der Waals surface area contributed by atoms with Gasteiger partial charge in [0.15, 0.2) is 0 Å². The fraction of sp³-hybridized carbons (Fsp3) is 0.238. The summed E-state index contributed by atoms with van der Waals surface area (Å²) in [6, 6.07) is 16.6. The van der Waals surface area contributed by atoms with Gasteiger partial charge in [0.25, 0.3) is 5.56 Å². The van der Waals surface area contributed by atoms with Crippen molar-refractivity contribution in [3.05, 3.63) is 81.3 Å². The van der Waals surface area contributed by atoms with Gasteiger partial charge in [-0.2, -0.15) is 4.98 Å². The highest BCUT2D eigenvalue weighted by atomic mass is 16.5. The molecule has 0 unspecified atom stereocenters. The molecule has 0 N–H and O–H groups in total. The predicted molar refractivity (Wildman–Crippen MR) is 106 cm³/mol. The second-order valence-electron chi connectivity index (χ2n) is 6.57. The van der Waals surface area contributed by atoms with Gasteiger partial charge >= 0.3 is 5.69 Å². The maximum atomic E-state index is 13.0. The minimum Gasteiger partial charge on any atom is -0.337 e. The molecule has 28 heavy (non-hydrogen) atoms. The number of para-hydroxylation sites is 1. The van der Waals surface area contributed by atoms with E-state index < -0.39 is 0 Å². The highest BCUT2D eigenvalue weighted by Crippen LogP contribution is 2.16. The van der Waals surface area contributed by atoms with Gasteiger partial charge in [0.2, 0.25) is 11.7 Å². The smallest absolute Gasteiger partial charge is 0.331 e. The molecule has 0 bridgehead atoms. The van der Waals surface area contributed by atoms with Crippen LogP contribution in [0.3, 0.4) is 0 Å². The van der Waals surface area contributed by atoms with Crippen molar-refractivity contribution < 1.29 is 4.52 Å². The molecule has 0 saturated carbocycles. The third-order valence-electron chi connectivity index (χ3n) is 4.66. The van der Waals surface area contributed by atoms with Crippen molar-refractivity contribution in [1.82, 2.24) is 19.3 Å². The van der Waals surface area contributed by atoms with Crippen LogP contribution in [-0.4, -0.2) is 19.3 Å². The molecule has 2 aromatic carbocycles. The topological polar surface area (TPSA) is 82.9 Å². The summed E-state index contributed by atoms with van der Waals surface area (Å²) in [4.78, 5) is 30.2. The molecule has 4 rings (SSSR count). The van der Waals surface area contributed by atoms with E-state index in [2.05, 4.69) is 10.1 Å². The first kappa shape index (κ1) is 17.9. The van der Waals surface area contributed by atoms with E-state index in [-0.39, 0.29) is 17.8 Å². The Bertz CT molecular complexity index is 1220. The van der Waals surface area contributed by atoms with Gasteiger partial charge in [-0.05, 0) is 18.6 Å². The lowest BCUT2D eigenvalue weighted by Gasteiger charge is -2.12. The molecule has 0 spiro atoms. The van der Waals surface area contributed by atoms with E-state index in [1.165, 1.54) is 9.13 Å². The zero-order valence-electron chi connectivity index (χ0n) is 15.5. The number of aromatic nitrogens is 4. The normalized spacial score (nSPS) is 11.2. The van der Waals surface area contributed by atoms with Gasteiger partial charge in [0.05, 0.1) is 10.9 Å². The number of hydrogen-bond donors (Lipinski definition) is 0. The van der Waals surface area contributed by atoms with E-state index >= 15 is 0 Å². The standard InChI is InChI=1S/C21H20N4O3/c1-2-3-13-24-20(26)16-11-7-8-12-17(16)25(21(24)27)14-18-22-19(23-28-18)15-9-5-4-6-10-15/h4-12H,2-3,13-14H2,1H3. The van der Waals surface area contributed by atoms with Crippen LogP contribution >= 0.6 is 0 Å². The van der Waals surface area contributed by atoms with Gasteiger partial charge in [-0.25, -0.2) is 4.79 Å². The SMILES string of the molecule is CCCCn1c(=O)c2ccccc2n(Cc2nc(-c3ccccc3)no2)c1=O. The highest BCUT2D eigenvalue weighted by Gasteiger charge is 2.16. The summed E-state index contributed by atoms with van der Waals surface area (Å²) in [5.41, 5.74) is 0.768. The Balaban J connectivity index is 1.79. The second kappa shape index (κ2) is 7.64. The molecule has 7 heteroatoms. The van der Waals surface area contributed by atoms with Crippen molar-refractivity contribution in [3.63, 3.8) is 0 Å². The monoisotopic (exact) mass is 376 g/mol. The number of nitrogens with zero attached hydrogens (tertiary/aromatic N) is 4. The zero-order valence-corrected chi connectivity index (χ0v) is 15.5. The molecule has 0 radical (unpaired) electrons. The Morgan fingerprint density at radius 1 is 0.964 bits per heavy atom. The van der Waals surface area contributed by atoms with Crippen LogP contribution < -0.4 is 11.2 Å². The molecule has 2 aromatic heterocycles. The van der Waals surface area contributed by atoms with Crippen LogP contribution in [0.5, 0.6) is 0 Å². The summed E-state index contributed by atoms with van der Waals surface area (Å²) in [6.45, 7) is 2.51. The zero-order chi connectivity index (χ0) is 19.5. The van der Waals surface area contributed by atoms with Gasteiger partial charge in [0, 0.05) is 12.1 Å². The Kier molecular flexibility index (Phi) is 4.89. The molecular formula is C21H20N4O3. The van der Waals surface area contributed by atoms with Crippen molar-refractivity contribution in [1.29, 1.82) is 0 Å². The first-order valence-electron chi connectivity index (χ1n) is 9.29. The fourth-order valence-corrected chi connectivity index (χ4v) is 3.20. The van der Waals surface area contributed by atoms with E-state index in [1.807, 2.05) is 37.3 Å². The number of benzene rings is 2. The van der Waals surface area contributed by atoms with E-state index in [0.29, 0.717) is 29.2 Å². The molecule has 7 nitrogen and oxygen atoms in total. The van der Waals surface area contributed by atoms with Crippen LogP contribution in [0, 0.1) is 0 Å². The molecule has 0 saturated heterocycles. The van der Waals surface area contributed by atoms with Crippen molar-refractivity contribution in [2.45, 2.75) is 32.9 Å². The van der Waals surface area contributed by atoms with Gasteiger partial charge in [0.1, 0.15) is 6.54 Å². The quantitative estimate of drug-likeness (QED) is 0.516. The number of fused-ring (bicyclic) bond motifs is 1. The van der Waals surface area contributed by atoms with Gasteiger partial charge < -0.3 is 4.52 Å². The maximum Gasteiger partial charge on any atom is 0.331 e. The second-order valence-corrected chi connectivity index (χ2v) is 6.57. The molecule has 0 aliphatic rings. The molecular weight excluding hydrogens is 356 g/mol. The first-order valence-corrected chi connectivity index (χ1v) is 9.29. The lowest BCUT2D eigenvalue weighted by molar-refractivity contribution is 0.369. The average molecular weight is 376 g/mol. The maximum absolute atomic E-state index is 13.0. The minimum absolute atomic E-state index is 0.103. The third-order valence-corrected chi connectivity index (χ3v) is 4.66. The number of unbranched alkanes of at least 4 members (excludes halogenated alkanes) is 1. The van der Waals surface area contributed by atoms with Crippen molar-refractivity contribution in [2.75, 3.05) is 0 Å². The summed E-state index contributed by atoms with van der Waals surface area (Å²) < 4.78 is 8.18. The minimum atomic E-state index is -0.364. The Morgan fingerprint density at radius 3 is 2.50 bits per heavy atom. The van der Waals surface area contributed by atoms with Crippen LogP contribution in [-0.2, 0) is 13.1 Å². The van der Waals surface area contributed by atoms with Crippen molar-refractivity contribution >= 4 is 10.9 Å². The lowest BCUT2D eigenvalue weighted by Crippen LogP contribution is -2.40. The highest BCUT2D eigenvalue weighted by molar-refractivity contribution is 5.77. The summed E-state index contributed by atoms with van der Waals surface area (Å²) in [6.07, 6.45) is 1.65. The molecule has 0 amide bonds. The van der Waals surface area contributed by atoms with Crippen LogP contribution in [0.1, 0.15) is 25.7 Å². The van der Waals surface area contributed by atoms with Gasteiger partial charge in [-0.15, -0.1) is 0 Å². The number of hydrogen-bond acceptors (Lipinski definition) is 5. The summed E-state index contributed by atoms with van der Waals surface area (Å²) >= 11 is 0. The molecule has 4 aromatic rings. The average Bonchev–Trinajstić information content (AvgIpc) is 3.20. The summed E-state index contributed by atoms with van der Waals surface area (Å²) in [7, 11) is 0. The van der Waals surface area contributed by atoms with E-state index in [0.717, 1.165) is 18.4 Å². The molecule has 0 fully saturated rings. The van der Waals surface area contributed by atoms with Gasteiger partial charge in [-0.3, -0.25) is 13.9 Å². The first-order chi connectivity index (χ1) is 13.7. The fourth-order valence-electron chi connectivity index (χ4n) is 3.20. The van der Waals surface area contributed by atoms with Gasteiger partial charge in [-0.1, -0.05) is 61.0 Å². The van der Waals surface area contributed by atoms with E-state index in [4.69, 9.17) is 4.52 Å². The number of rotatable bonds is 6. The molecule has 142 valence electrons. The van der Waals surface area contributed by atoms with Crippen LogP contribution in [0.15, 0.2) is 68.7 Å². The van der Waals surface area contributed by atoms with Crippen LogP contribution in [0.2, 0.25) is 0 Å². The van der Waals surface area contributed by atoms with Crippen LogP contribution in [0.4, 0.5) is 0 Å². The van der Waals surface area contributed by atoms with Crippen LogP contribution in [0.25, 0.3) is 22.3 Å². The molecule has 2 heterocycles. The molecule has 0 atom stereocenters. The lowest BCUT2D eigenvalue weighted by atomic mass is 10.2. The Labute approximate surface area is 160 Å². The molecule has 0 aliphatic heterocycles.